The maximum Gasteiger partial charge on any atom is 0.0476 e. The van der Waals surface area contributed by atoms with E-state index in [0.29, 0.717) is 5.92 Å². The van der Waals surface area contributed by atoms with E-state index < -0.39 is 0 Å². The molecule has 66 heavy (non-hydrogen) atoms. The molecule has 1 aromatic heterocycles. The van der Waals surface area contributed by atoms with Crippen molar-refractivity contribution in [2.24, 2.45) is 23.7 Å². The molecular weight excluding hydrogens is 815 g/mol. The summed E-state index contributed by atoms with van der Waals surface area (Å²) in [6.07, 6.45) is 10.5. The quantitative estimate of drug-likeness (QED) is 0.167. The molecule has 8 aromatic carbocycles. The van der Waals surface area contributed by atoms with Gasteiger partial charge >= 0.3 is 0 Å². The fourth-order valence-corrected chi connectivity index (χ4v) is 16.1. The van der Waals surface area contributed by atoms with Crippen LogP contribution in [0.15, 0.2) is 176 Å². The number of hydrogen-bond acceptors (Lipinski definition) is 2. The third kappa shape index (κ3) is 5.58. The molecule has 14 rings (SSSR count). The van der Waals surface area contributed by atoms with Gasteiger partial charge in [-0.25, -0.2) is 0 Å². The van der Waals surface area contributed by atoms with Crippen molar-refractivity contribution in [2.45, 2.75) is 76.0 Å². The van der Waals surface area contributed by atoms with Crippen LogP contribution in [0.4, 0.5) is 17.1 Å². The summed E-state index contributed by atoms with van der Waals surface area (Å²) in [5.74, 6) is 3.07. The van der Waals surface area contributed by atoms with E-state index in [1.807, 2.05) is 11.3 Å². The van der Waals surface area contributed by atoms with E-state index in [-0.39, 0.29) is 10.8 Å². The topological polar surface area (TPSA) is 3.24 Å². The first-order valence-electron chi connectivity index (χ1n) is 24.9. The van der Waals surface area contributed by atoms with Crippen LogP contribution in [0.1, 0.15) is 87.5 Å². The first-order chi connectivity index (χ1) is 32.5. The molecule has 0 amide bonds. The molecule has 0 radical (unpaired) electrons. The molecule has 3 saturated carbocycles. The first-order valence-corrected chi connectivity index (χ1v) is 25.7. The van der Waals surface area contributed by atoms with Crippen molar-refractivity contribution >= 4 is 48.6 Å². The van der Waals surface area contributed by atoms with Gasteiger partial charge in [0, 0.05) is 48.1 Å². The Bertz CT molecular complexity index is 3380. The van der Waals surface area contributed by atoms with Gasteiger partial charge in [0.15, 0.2) is 0 Å². The molecule has 9 aromatic rings. The van der Waals surface area contributed by atoms with Crippen molar-refractivity contribution in [2.75, 3.05) is 4.90 Å². The molecule has 2 heteroatoms. The summed E-state index contributed by atoms with van der Waals surface area (Å²) in [5.41, 5.74) is 20.9. The molecule has 5 atom stereocenters. The van der Waals surface area contributed by atoms with E-state index in [0.717, 1.165) is 17.8 Å². The van der Waals surface area contributed by atoms with Gasteiger partial charge in [0.1, 0.15) is 0 Å². The lowest BCUT2D eigenvalue weighted by molar-refractivity contribution is 0.0426. The largest absolute Gasteiger partial charge is 0.310 e. The fraction of sp³-hybridized carbons (Fsp3) is 0.250. The number of hydrogen-bond donors (Lipinski definition) is 0. The summed E-state index contributed by atoms with van der Waals surface area (Å²) in [5, 5.41) is 2.67. The number of rotatable bonds is 5. The van der Waals surface area contributed by atoms with Crippen LogP contribution in [-0.2, 0) is 10.8 Å². The number of benzene rings is 8. The number of anilines is 3. The highest BCUT2D eigenvalue weighted by Crippen LogP contribution is 2.65. The second-order valence-corrected chi connectivity index (χ2v) is 22.1. The molecule has 2 unspecified atom stereocenters. The predicted molar refractivity (Wildman–Crippen MR) is 280 cm³/mol. The van der Waals surface area contributed by atoms with Crippen molar-refractivity contribution in [3.8, 4) is 44.5 Å². The zero-order valence-corrected chi connectivity index (χ0v) is 38.9. The molecule has 0 N–H and O–H groups in total. The fourth-order valence-electron chi connectivity index (χ4n) is 15.0. The molecule has 0 saturated heterocycles. The van der Waals surface area contributed by atoms with Crippen molar-refractivity contribution in [1.29, 1.82) is 0 Å². The van der Waals surface area contributed by atoms with Crippen LogP contribution in [0.3, 0.4) is 0 Å². The first kappa shape index (κ1) is 39.0. The molecular formula is C64H55NS. The summed E-state index contributed by atoms with van der Waals surface area (Å²) in [6.45, 7) is 5.09. The molecule has 5 aliphatic rings. The molecule has 0 aliphatic heterocycles. The predicted octanol–water partition coefficient (Wildman–Crippen LogP) is 18.1. The van der Waals surface area contributed by atoms with Crippen molar-refractivity contribution < 1.29 is 0 Å². The van der Waals surface area contributed by atoms with Gasteiger partial charge < -0.3 is 4.90 Å². The third-order valence-electron chi connectivity index (χ3n) is 17.5. The Morgan fingerprint density at radius 2 is 1.03 bits per heavy atom. The van der Waals surface area contributed by atoms with Crippen molar-refractivity contribution in [3.63, 3.8) is 0 Å². The van der Waals surface area contributed by atoms with E-state index in [1.165, 1.54) is 144 Å². The summed E-state index contributed by atoms with van der Waals surface area (Å²) in [7, 11) is 0. The highest BCUT2D eigenvalue weighted by molar-refractivity contribution is 7.25. The van der Waals surface area contributed by atoms with Gasteiger partial charge in [-0.2, -0.15) is 0 Å². The maximum atomic E-state index is 2.58. The molecule has 5 aliphatic carbocycles. The Kier molecular flexibility index (Phi) is 8.65. The monoisotopic (exact) mass is 869 g/mol. The zero-order chi connectivity index (χ0) is 43.7. The van der Waals surface area contributed by atoms with Crippen LogP contribution in [-0.4, -0.2) is 0 Å². The van der Waals surface area contributed by atoms with E-state index in [2.05, 4.69) is 195 Å². The molecule has 1 heterocycles. The second kappa shape index (κ2) is 14.6. The lowest BCUT2D eigenvalue weighted by atomic mass is 9.49. The minimum atomic E-state index is 0.105. The van der Waals surface area contributed by atoms with E-state index in [9.17, 15) is 0 Å². The second-order valence-electron chi connectivity index (χ2n) is 21.0. The minimum Gasteiger partial charge on any atom is -0.310 e. The van der Waals surface area contributed by atoms with Gasteiger partial charge in [0.25, 0.3) is 0 Å². The van der Waals surface area contributed by atoms with E-state index >= 15 is 0 Å². The van der Waals surface area contributed by atoms with Gasteiger partial charge in [0.2, 0.25) is 0 Å². The molecule has 2 bridgehead atoms. The van der Waals surface area contributed by atoms with Crippen LogP contribution in [0.5, 0.6) is 0 Å². The Hall–Kier alpha value is -6.22. The Morgan fingerprint density at radius 3 is 1.85 bits per heavy atom. The number of fused-ring (bicyclic) bond motifs is 16. The van der Waals surface area contributed by atoms with Crippen molar-refractivity contribution in [3.05, 3.63) is 198 Å². The third-order valence-corrected chi connectivity index (χ3v) is 18.6. The van der Waals surface area contributed by atoms with Crippen LogP contribution in [0, 0.1) is 23.7 Å². The Balaban J connectivity index is 0.866. The smallest absolute Gasteiger partial charge is 0.0476 e. The summed E-state index contributed by atoms with van der Waals surface area (Å²) >= 11 is 1.93. The van der Waals surface area contributed by atoms with Crippen LogP contribution in [0.2, 0.25) is 0 Å². The SMILES string of the molecule is C[C@@H]1CC2CC(C1)[C@@]1(c3ccccc3-c3cc(-c4ccc5c(c4)sc4cc(N(c6ccc(-c7ccccc7)cc6)c6ccc7c(c6)C6(CCCC6)c6ccccc6-7)ccc45)ccc31)[C@@H](C)C2. The standard InChI is InChI=1S/C64H55NS/c1-40-32-42-34-41(2)64(47(33-40)35-42)58-17-9-7-15-52(58)56-36-45(21-29-59(56)64)46-20-26-54-55-28-25-50(39-62(55)66-61(54)37-46)65(48-22-18-44(19-23-48)43-12-4-3-5-13-43)49-24-27-53-51-14-6-8-16-57(51)63(60(53)38-49)30-10-11-31-63/h3-9,12-29,36-42,47H,10-11,30-35H2,1-2H3/t40-,41+,42?,47?,64-/m1/s1. The highest BCUT2D eigenvalue weighted by Gasteiger charge is 2.56. The number of thiophene rings is 1. The Labute approximate surface area is 393 Å². The van der Waals surface area contributed by atoms with Crippen LogP contribution < -0.4 is 4.90 Å². The minimum absolute atomic E-state index is 0.105. The summed E-state index contributed by atoms with van der Waals surface area (Å²) in [4.78, 5) is 2.51. The molecule has 3 fully saturated rings. The lowest BCUT2D eigenvalue weighted by Crippen LogP contribution is -2.49. The van der Waals surface area contributed by atoms with Crippen molar-refractivity contribution in [1.82, 2.24) is 0 Å². The highest BCUT2D eigenvalue weighted by atomic mass is 32.1. The van der Waals surface area contributed by atoms with Gasteiger partial charge in [-0.05, 0) is 177 Å². The van der Waals surface area contributed by atoms with Gasteiger partial charge in [0.05, 0.1) is 0 Å². The van der Waals surface area contributed by atoms with E-state index in [4.69, 9.17) is 0 Å². The molecule has 322 valence electrons. The lowest BCUT2D eigenvalue weighted by Gasteiger charge is -2.54. The average molecular weight is 870 g/mol. The number of nitrogens with zero attached hydrogens (tertiary/aromatic N) is 1. The molecule has 1 nitrogen and oxygen atoms in total. The molecule has 2 spiro atoms. The van der Waals surface area contributed by atoms with Gasteiger partial charge in [-0.3, -0.25) is 0 Å². The zero-order valence-electron chi connectivity index (χ0n) is 38.1. The Morgan fingerprint density at radius 1 is 0.439 bits per heavy atom. The van der Waals surface area contributed by atoms with Crippen LogP contribution >= 0.6 is 11.3 Å². The van der Waals surface area contributed by atoms with E-state index in [1.54, 1.807) is 11.1 Å². The normalized spacial score (nSPS) is 23.0. The average Bonchev–Trinajstić information content (AvgIpc) is 4.13. The summed E-state index contributed by atoms with van der Waals surface area (Å²) in [6, 6.07) is 67.9. The maximum absolute atomic E-state index is 2.58. The van der Waals surface area contributed by atoms with Crippen LogP contribution in [0.25, 0.3) is 64.7 Å². The van der Waals surface area contributed by atoms with Gasteiger partial charge in [-0.1, -0.05) is 154 Å². The van der Waals surface area contributed by atoms with Gasteiger partial charge in [-0.15, -0.1) is 11.3 Å². The summed E-state index contributed by atoms with van der Waals surface area (Å²) < 4.78 is 2.67.